The summed E-state index contributed by atoms with van der Waals surface area (Å²) in [6.07, 6.45) is -8.99. The van der Waals surface area contributed by atoms with Gasteiger partial charge in [-0.05, 0) is 34.9 Å². The maximum absolute atomic E-state index is 12.6. The lowest BCUT2D eigenvalue weighted by Gasteiger charge is -2.33. The molecule has 1 atom stereocenters. The molecule has 0 saturated heterocycles. The first-order valence-corrected chi connectivity index (χ1v) is 8.44. The molecule has 0 aromatic heterocycles. The van der Waals surface area contributed by atoms with Crippen molar-refractivity contribution in [2.24, 2.45) is 5.41 Å². The summed E-state index contributed by atoms with van der Waals surface area (Å²) in [6, 6.07) is 7.27. The predicted octanol–water partition coefficient (Wildman–Crippen LogP) is 5.01. The molecule has 0 heterocycles. The first-order chi connectivity index (χ1) is 11.7. The highest BCUT2D eigenvalue weighted by Crippen LogP contribution is 2.36. The van der Waals surface area contributed by atoms with Crippen LogP contribution in [0.4, 0.5) is 17.6 Å². The van der Waals surface area contributed by atoms with Gasteiger partial charge in [0, 0.05) is 0 Å². The third-order valence-electron chi connectivity index (χ3n) is 3.77. The molecule has 1 N–H and O–H groups in total. The Balaban J connectivity index is 2.55. The summed E-state index contributed by atoms with van der Waals surface area (Å²) in [6.45, 7) is 9.53. The second-order valence-corrected chi connectivity index (χ2v) is 8.28. The van der Waals surface area contributed by atoms with E-state index in [2.05, 4.69) is 39.4 Å². The maximum Gasteiger partial charge on any atom is 0.416 e. The number of rotatable bonds is 9. The Bertz CT molecular complexity index is 551. The number of aliphatic hydroxyl groups is 1. The third-order valence-corrected chi connectivity index (χ3v) is 3.77. The molecule has 0 aliphatic rings. The Morgan fingerprint density at radius 3 is 1.96 bits per heavy atom. The van der Waals surface area contributed by atoms with Crippen molar-refractivity contribution in [2.75, 3.05) is 13.2 Å². The van der Waals surface area contributed by atoms with Gasteiger partial charge in [-0.25, -0.2) is 8.78 Å². The Morgan fingerprint density at radius 1 is 0.962 bits per heavy atom. The smallest absolute Gasteiger partial charge is 0.416 e. The topological polar surface area (TPSA) is 38.7 Å². The summed E-state index contributed by atoms with van der Waals surface area (Å²) in [7, 11) is 0. The number of ether oxygens (including phenoxy) is 2. The lowest BCUT2D eigenvalue weighted by Crippen LogP contribution is -2.35. The summed E-state index contributed by atoms with van der Waals surface area (Å²) in [4.78, 5) is 0. The van der Waals surface area contributed by atoms with E-state index in [1.54, 1.807) is 12.1 Å². The minimum Gasteiger partial charge on any atom is -0.491 e. The average molecular weight is 380 g/mol. The van der Waals surface area contributed by atoms with Crippen LogP contribution in [0.1, 0.15) is 46.6 Å². The SMILES string of the molecule is CC(C)(C)CC(C)(C)c1ccc(OCC(O)COC(F)(F)C(F)F)cc1. The van der Waals surface area contributed by atoms with Crippen molar-refractivity contribution in [3.63, 3.8) is 0 Å². The molecule has 1 aromatic rings. The van der Waals surface area contributed by atoms with Crippen LogP contribution in [0.15, 0.2) is 24.3 Å². The van der Waals surface area contributed by atoms with Gasteiger partial charge in [0.25, 0.3) is 0 Å². The Morgan fingerprint density at radius 2 is 1.50 bits per heavy atom. The molecule has 1 unspecified atom stereocenters. The molecule has 150 valence electrons. The average Bonchev–Trinajstić information content (AvgIpc) is 2.49. The third kappa shape index (κ3) is 7.50. The molecule has 0 aliphatic carbocycles. The summed E-state index contributed by atoms with van der Waals surface area (Å²) < 4.78 is 58.2. The Hall–Kier alpha value is -1.34. The van der Waals surface area contributed by atoms with E-state index in [0.717, 1.165) is 12.0 Å². The highest BCUT2D eigenvalue weighted by atomic mass is 19.3. The number of aliphatic hydroxyl groups excluding tert-OH is 1. The number of benzene rings is 1. The van der Waals surface area contributed by atoms with E-state index in [9.17, 15) is 22.7 Å². The van der Waals surface area contributed by atoms with Crippen LogP contribution >= 0.6 is 0 Å². The highest BCUT2D eigenvalue weighted by molar-refractivity contribution is 5.31. The van der Waals surface area contributed by atoms with Crippen LogP contribution in [0.25, 0.3) is 0 Å². The van der Waals surface area contributed by atoms with Gasteiger partial charge in [-0.1, -0.05) is 46.8 Å². The lowest BCUT2D eigenvalue weighted by atomic mass is 9.72. The number of hydrogen-bond acceptors (Lipinski definition) is 3. The van der Waals surface area contributed by atoms with Gasteiger partial charge in [-0.15, -0.1) is 0 Å². The zero-order valence-corrected chi connectivity index (χ0v) is 15.9. The number of hydrogen-bond donors (Lipinski definition) is 1. The second-order valence-electron chi connectivity index (χ2n) is 8.28. The first kappa shape index (κ1) is 22.7. The zero-order chi connectivity index (χ0) is 20.2. The molecule has 26 heavy (non-hydrogen) atoms. The molecule has 0 radical (unpaired) electrons. The minimum atomic E-state index is -4.58. The van der Waals surface area contributed by atoms with Crippen molar-refractivity contribution in [3.8, 4) is 5.75 Å². The first-order valence-electron chi connectivity index (χ1n) is 8.44. The van der Waals surface area contributed by atoms with Crippen LogP contribution in [-0.2, 0) is 10.2 Å². The van der Waals surface area contributed by atoms with Crippen molar-refractivity contribution in [2.45, 2.75) is 65.1 Å². The van der Waals surface area contributed by atoms with Gasteiger partial charge in [0.1, 0.15) is 18.5 Å². The van der Waals surface area contributed by atoms with Crippen LogP contribution in [0.5, 0.6) is 5.75 Å². The maximum atomic E-state index is 12.6. The van der Waals surface area contributed by atoms with E-state index in [1.807, 2.05) is 12.1 Å². The van der Waals surface area contributed by atoms with Crippen LogP contribution in [0, 0.1) is 5.41 Å². The van der Waals surface area contributed by atoms with Gasteiger partial charge < -0.3 is 14.6 Å². The van der Waals surface area contributed by atoms with Crippen LogP contribution in [0.2, 0.25) is 0 Å². The lowest BCUT2D eigenvalue weighted by molar-refractivity contribution is -0.307. The van der Waals surface area contributed by atoms with Gasteiger partial charge in [0.15, 0.2) is 0 Å². The molecule has 0 spiro atoms. The normalized spacial score (nSPS) is 14.6. The monoisotopic (exact) mass is 380 g/mol. The van der Waals surface area contributed by atoms with E-state index in [0.29, 0.717) is 5.75 Å². The van der Waals surface area contributed by atoms with Gasteiger partial charge >= 0.3 is 12.5 Å². The number of halogens is 4. The van der Waals surface area contributed by atoms with Gasteiger partial charge in [-0.3, -0.25) is 0 Å². The Labute approximate surface area is 152 Å². The molecular weight excluding hydrogens is 352 g/mol. The van der Waals surface area contributed by atoms with Gasteiger partial charge in [0.05, 0.1) is 6.61 Å². The van der Waals surface area contributed by atoms with E-state index in [1.165, 1.54) is 0 Å². The van der Waals surface area contributed by atoms with E-state index >= 15 is 0 Å². The van der Waals surface area contributed by atoms with Crippen molar-refractivity contribution in [1.29, 1.82) is 0 Å². The van der Waals surface area contributed by atoms with E-state index in [-0.39, 0.29) is 17.4 Å². The summed E-state index contributed by atoms with van der Waals surface area (Å²) in [5, 5.41) is 9.54. The fourth-order valence-corrected chi connectivity index (χ4v) is 2.94. The Kier molecular flexibility index (Phi) is 7.48. The second kappa shape index (κ2) is 8.57. The van der Waals surface area contributed by atoms with Crippen molar-refractivity contribution >= 4 is 0 Å². The molecule has 3 nitrogen and oxygen atoms in total. The quantitative estimate of drug-likeness (QED) is 0.612. The van der Waals surface area contributed by atoms with Crippen molar-refractivity contribution < 1.29 is 32.1 Å². The molecule has 0 saturated carbocycles. The molecular formula is C19H28F4O3. The molecule has 1 aromatic carbocycles. The number of alkyl halides is 4. The highest BCUT2D eigenvalue weighted by Gasteiger charge is 2.42. The van der Waals surface area contributed by atoms with Crippen LogP contribution in [-0.4, -0.2) is 37.0 Å². The summed E-state index contributed by atoms with van der Waals surface area (Å²) in [5.41, 5.74) is 1.26. The molecule has 1 rings (SSSR count). The molecule has 7 heteroatoms. The van der Waals surface area contributed by atoms with E-state index in [4.69, 9.17) is 4.74 Å². The zero-order valence-electron chi connectivity index (χ0n) is 15.9. The van der Waals surface area contributed by atoms with Crippen LogP contribution in [0.3, 0.4) is 0 Å². The predicted molar refractivity (Wildman–Crippen MR) is 91.9 cm³/mol. The summed E-state index contributed by atoms with van der Waals surface area (Å²) in [5.74, 6) is 0.444. The van der Waals surface area contributed by atoms with Crippen molar-refractivity contribution in [3.05, 3.63) is 29.8 Å². The molecule has 0 bridgehead atoms. The van der Waals surface area contributed by atoms with Gasteiger partial charge in [-0.2, -0.15) is 8.78 Å². The standard InChI is InChI=1S/C19H28F4O3/c1-17(2,3)12-18(4,5)13-6-8-15(9-7-13)25-10-14(24)11-26-19(22,23)16(20)21/h6-9,14,16,24H,10-12H2,1-5H3. The molecule has 0 fully saturated rings. The molecule has 0 amide bonds. The van der Waals surface area contributed by atoms with Gasteiger partial charge in [0.2, 0.25) is 0 Å². The van der Waals surface area contributed by atoms with Crippen molar-refractivity contribution in [1.82, 2.24) is 0 Å². The summed E-state index contributed by atoms with van der Waals surface area (Å²) >= 11 is 0. The van der Waals surface area contributed by atoms with Crippen LogP contribution < -0.4 is 4.74 Å². The fourth-order valence-electron chi connectivity index (χ4n) is 2.94. The van der Waals surface area contributed by atoms with E-state index < -0.39 is 25.2 Å². The largest absolute Gasteiger partial charge is 0.491 e. The fraction of sp³-hybridized carbons (Fsp3) is 0.684. The molecule has 0 aliphatic heterocycles. The minimum absolute atomic E-state index is 0.0367.